The smallest absolute Gasteiger partial charge is 0.332 e. The molecule has 5 rings (SSSR count). The molecule has 1 N–H and O–H groups in total. The molecule has 12 nitrogen and oxygen atoms in total. The fraction of sp³-hybridized carbons (Fsp3) is 0.458. The summed E-state index contributed by atoms with van der Waals surface area (Å²) in [5.41, 5.74) is -0.132. The van der Waals surface area contributed by atoms with E-state index >= 15 is 0 Å². The summed E-state index contributed by atoms with van der Waals surface area (Å²) in [6.07, 6.45) is 2.00. The van der Waals surface area contributed by atoms with Crippen LogP contribution in [0.5, 0.6) is 5.75 Å². The summed E-state index contributed by atoms with van der Waals surface area (Å²) in [5, 5.41) is 10.8. The van der Waals surface area contributed by atoms with Crippen LogP contribution >= 0.6 is 0 Å². The van der Waals surface area contributed by atoms with Crippen molar-refractivity contribution in [2.75, 3.05) is 32.8 Å². The van der Waals surface area contributed by atoms with E-state index in [0.717, 1.165) is 17.5 Å². The second-order valence-corrected chi connectivity index (χ2v) is 9.23. The highest BCUT2D eigenvalue weighted by Gasteiger charge is 2.37. The molecule has 2 fully saturated rings. The number of fused-ring (bicyclic) bond motifs is 1. The lowest BCUT2D eigenvalue weighted by Gasteiger charge is -2.18. The number of aromatic nitrogens is 4. The maximum Gasteiger partial charge on any atom is 0.332 e. The summed E-state index contributed by atoms with van der Waals surface area (Å²) in [6, 6.07) is 6.18. The Hall–Kier alpha value is -3.93. The average molecular weight is 497 g/mol. The Morgan fingerprint density at radius 2 is 1.86 bits per heavy atom. The average Bonchev–Trinajstić information content (AvgIpc) is 3.60. The van der Waals surface area contributed by atoms with Gasteiger partial charge in [0.15, 0.2) is 5.52 Å². The van der Waals surface area contributed by atoms with Gasteiger partial charge < -0.3 is 24.2 Å². The van der Waals surface area contributed by atoms with E-state index < -0.39 is 23.4 Å². The van der Waals surface area contributed by atoms with Gasteiger partial charge in [0.05, 0.1) is 25.0 Å². The fourth-order valence-corrected chi connectivity index (χ4v) is 4.94. The second kappa shape index (κ2) is 9.26. The summed E-state index contributed by atoms with van der Waals surface area (Å²) in [6.45, 7) is 1.97. The molecule has 2 aromatic heterocycles. The summed E-state index contributed by atoms with van der Waals surface area (Å²) in [7, 11) is 2.93. The normalized spacial score (nSPS) is 20.0. The van der Waals surface area contributed by atoms with Gasteiger partial charge in [0.2, 0.25) is 5.91 Å². The number of rotatable bonds is 6. The fourth-order valence-electron chi connectivity index (χ4n) is 4.94. The third-order valence-electron chi connectivity index (χ3n) is 6.97. The van der Waals surface area contributed by atoms with Crippen molar-refractivity contribution in [1.29, 1.82) is 0 Å². The molecule has 0 aliphatic carbocycles. The summed E-state index contributed by atoms with van der Waals surface area (Å²) >= 11 is 0. The number of amides is 2. The lowest BCUT2D eigenvalue weighted by atomic mass is 10.2. The summed E-state index contributed by atoms with van der Waals surface area (Å²) < 4.78 is 9.62. The van der Waals surface area contributed by atoms with E-state index in [2.05, 4.69) is 4.98 Å². The zero-order valence-electron chi connectivity index (χ0n) is 20.2. The molecular formula is C24H28N6O6. The van der Waals surface area contributed by atoms with Crippen LogP contribution in [-0.4, -0.2) is 84.3 Å². The Morgan fingerprint density at radius 3 is 2.56 bits per heavy atom. The van der Waals surface area contributed by atoms with E-state index in [1.807, 2.05) is 0 Å². The molecule has 2 aliphatic rings. The minimum absolute atomic E-state index is 0.101. The summed E-state index contributed by atoms with van der Waals surface area (Å²) in [5.74, 6) is 0.504. The molecule has 0 radical (unpaired) electrons. The Kier molecular flexibility index (Phi) is 6.12. The molecule has 190 valence electrons. The van der Waals surface area contributed by atoms with Crippen molar-refractivity contribution >= 4 is 23.0 Å². The predicted molar refractivity (Wildman–Crippen MR) is 129 cm³/mol. The van der Waals surface area contributed by atoms with Gasteiger partial charge in [0, 0.05) is 45.7 Å². The van der Waals surface area contributed by atoms with Crippen LogP contribution in [0.3, 0.4) is 0 Å². The van der Waals surface area contributed by atoms with Gasteiger partial charge in [-0.15, -0.1) is 0 Å². The van der Waals surface area contributed by atoms with E-state index in [0.29, 0.717) is 36.5 Å². The van der Waals surface area contributed by atoms with Crippen LogP contribution < -0.4 is 16.0 Å². The number of carbonyl (C=O) groups is 2. The number of carbonyl (C=O) groups excluding carboxylic acids is 2. The van der Waals surface area contributed by atoms with E-state index in [4.69, 9.17) is 4.74 Å². The van der Waals surface area contributed by atoms with Crippen LogP contribution in [0.4, 0.5) is 0 Å². The first kappa shape index (κ1) is 23.8. The Morgan fingerprint density at radius 1 is 1.11 bits per heavy atom. The van der Waals surface area contributed by atoms with E-state index in [1.165, 1.54) is 22.8 Å². The third-order valence-corrected chi connectivity index (χ3v) is 6.97. The van der Waals surface area contributed by atoms with Crippen molar-refractivity contribution in [3.63, 3.8) is 0 Å². The first-order chi connectivity index (χ1) is 17.3. The van der Waals surface area contributed by atoms with Gasteiger partial charge in [0.25, 0.3) is 11.5 Å². The number of aliphatic hydroxyl groups is 1. The molecule has 0 unspecified atom stereocenters. The van der Waals surface area contributed by atoms with Crippen molar-refractivity contribution in [2.24, 2.45) is 14.1 Å². The molecular weight excluding hydrogens is 468 g/mol. The molecule has 2 saturated heterocycles. The predicted octanol–water partition coefficient (Wildman–Crippen LogP) is -0.507. The standard InChI is InChI=1S/C24H28N6O6/c1-26-21-20(23(34)27(2)24(26)35)25-14-30(21)17-12-29(13-18(17)31)22(33)15-5-7-16(8-6-15)36-11-10-28-9-3-4-19(28)32/h5-8,14,17-18,31H,3-4,9-13H2,1-2H3/t17-,18-/m1/s1. The number of ether oxygens (including phenoxy) is 1. The number of nitrogens with zero attached hydrogens (tertiary/aromatic N) is 6. The molecule has 1 aromatic carbocycles. The molecule has 0 bridgehead atoms. The third kappa shape index (κ3) is 4.06. The second-order valence-electron chi connectivity index (χ2n) is 9.23. The van der Waals surface area contributed by atoms with Crippen LogP contribution in [0.2, 0.25) is 0 Å². The number of aryl methyl sites for hydroxylation is 1. The molecule has 2 amide bonds. The van der Waals surface area contributed by atoms with Crippen LogP contribution in [0.1, 0.15) is 29.2 Å². The zero-order valence-corrected chi connectivity index (χ0v) is 20.2. The number of β-amino-alcohol motifs (C(OH)–C–C–N with tert-alkyl or cyclic N) is 1. The summed E-state index contributed by atoms with van der Waals surface area (Å²) in [4.78, 5) is 57.2. The number of benzene rings is 1. The maximum atomic E-state index is 13.1. The number of hydrogen-bond donors (Lipinski definition) is 1. The van der Waals surface area contributed by atoms with Crippen molar-refractivity contribution in [3.05, 3.63) is 57.0 Å². The van der Waals surface area contributed by atoms with Gasteiger partial charge in [-0.05, 0) is 30.7 Å². The molecule has 36 heavy (non-hydrogen) atoms. The molecule has 0 spiro atoms. The first-order valence-electron chi connectivity index (χ1n) is 11.9. The van der Waals surface area contributed by atoms with E-state index in [9.17, 15) is 24.3 Å². The van der Waals surface area contributed by atoms with Crippen LogP contribution in [0.15, 0.2) is 40.2 Å². The molecule has 2 atom stereocenters. The SMILES string of the molecule is Cn1c(=O)c2ncn([C@@H]3CN(C(=O)c4ccc(OCCN5CCCC5=O)cc4)C[C@H]3O)c2n(C)c1=O. The van der Waals surface area contributed by atoms with Crippen molar-refractivity contribution in [3.8, 4) is 5.75 Å². The molecule has 4 heterocycles. The molecule has 3 aromatic rings. The van der Waals surface area contributed by atoms with Gasteiger partial charge in [-0.1, -0.05) is 0 Å². The van der Waals surface area contributed by atoms with Crippen molar-refractivity contribution in [1.82, 2.24) is 28.5 Å². The highest BCUT2D eigenvalue weighted by Crippen LogP contribution is 2.27. The highest BCUT2D eigenvalue weighted by atomic mass is 16.5. The van der Waals surface area contributed by atoms with Crippen LogP contribution in [0, 0.1) is 0 Å². The molecule has 12 heteroatoms. The van der Waals surface area contributed by atoms with Gasteiger partial charge in [-0.3, -0.25) is 23.5 Å². The Labute approximate surface area is 205 Å². The number of likely N-dealkylation sites (tertiary alicyclic amines) is 2. The topological polar surface area (TPSA) is 132 Å². The minimum atomic E-state index is -0.901. The monoisotopic (exact) mass is 496 g/mol. The highest BCUT2D eigenvalue weighted by molar-refractivity contribution is 5.94. The minimum Gasteiger partial charge on any atom is -0.492 e. The van der Waals surface area contributed by atoms with Crippen LogP contribution in [0.25, 0.3) is 11.2 Å². The number of hydrogen-bond acceptors (Lipinski definition) is 7. The first-order valence-corrected chi connectivity index (χ1v) is 11.9. The van der Waals surface area contributed by atoms with Crippen molar-refractivity contribution < 1.29 is 19.4 Å². The molecule has 2 aliphatic heterocycles. The largest absolute Gasteiger partial charge is 0.492 e. The number of aliphatic hydroxyl groups excluding tert-OH is 1. The maximum absolute atomic E-state index is 13.1. The molecule has 0 saturated carbocycles. The zero-order chi connectivity index (χ0) is 25.6. The van der Waals surface area contributed by atoms with Gasteiger partial charge in [-0.25, -0.2) is 9.78 Å². The van der Waals surface area contributed by atoms with Crippen molar-refractivity contribution in [2.45, 2.75) is 25.0 Å². The number of imidazole rings is 1. The lowest BCUT2D eigenvalue weighted by molar-refractivity contribution is -0.128. The van der Waals surface area contributed by atoms with E-state index in [-0.39, 0.29) is 30.4 Å². The lowest BCUT2D eigenvalue weighted by Crippen LogP contribution is -2.38. The quantitative estimate of drug-likeness (QED) is 0.486. The Balaban J connectivity index is 1.27. The van der Waals surface area contributed by atoms with E-state index in [1.54, 1.807) is 40.8 Å². The van der Waals surface area contributed by atoms with Gasteiger partial charge >= 0.3 is 5.69 Å². The van der Waals surface area contributed by atoms with Gasteiger partial charge in [0.1, 0.15) is 18.0 Å². The van der Waals surface area contributed by atoms with Crippen LogP contribution in [-0.2, 0) is 18.9 Å². The van der Waals surface area contributed by atoms with Gasteiger partial charge in [-0.2, -0.15) is 0 Å². The Bertz CT molecular complexity index is 1440.